The van der Waals surface area contributed by atoms with Gasteiger partial charge in [0.15, 0.2) is 0 Å². The molecule has 2 heteroatoms. The highest BCUT2D eigenvalue weighted by atomic mass is 15.2. The van der Waals surface area contributed by atoms with Crippen molar-refractivity contribution in [3.05, 3.63) is 0 Å². The Morgan fingerprint density at radius 3 is 2.44 bits per heavy atom. The second-order valence-corrected chi connectivity index (χ2v) is 3.24. The average Bonchev–Trinajstić information content (AvgIpc) is 2.14. The van der Waals surface area contributed by atoms with E-state index < -0.39 is 0 Å². The van der Waals surface area contributed by atoms with E-state index in [1.165, 1.54) is 19.5 Å². The number of quaternary nitrogens is 1. The van der Waals surface area contributed by atoms with Gasteiger partial charge in [0.25, 0.3) is 0 Å². The molecule has 3 N–H and O–H groups in total. The Morgan fingerprint density at radius 2 is 2.22 bits per heavy atom. The monoisotopic (exact) mass is 129 g/mol. The molecule has 1 aliphatic rings. The molecule has 0 radical (unpaired) electrons. The molecule has 1 fully saturated rings. The summed E-state index contributed by atoms with van der Waals surface area (Å²) in [6.45, 7) is 6.96. The van der Waals surface area contributed by atoms with Gasteiger partial charge in [-0.3, -0.25) is 4.90 Å². The number of hydrogen-bond donors (Lipinski definition) is 1. The normalized spacial score (nSPS) is 30.0. The lowest BCUT2D eigenvalue weighted by Crippen LogP contribution is -2.62. The van der Waals surface area contributed by atoms with Crippen LogP contribution in [0.1, 0.15) is 20.3 Å². The van der Waals surface area contributed by atoms with E-state index in [-0.39, 0.29) is 0 Å². The molecule has 0 saturated carbocycles. The van der Waals surface area contributed by atoms with Crippen LogP contribution in [0.15, 0.2) is 0 Å². The highest BCUT2D eigenvalue weighted by molar-refractivity contribution is 4.75. The molecular weight excluding hydrogens is 112 g/mol. The zero-order valence-corrected chi connectivity index (χ0v) is 6.43. The van der Waals surface area contributed by atoms with E-state index in [2.05, 4.69) is 24.5 Å². The zero-order chi connectivity index (χ0) is 6.85. The molecule has 1 atom stereocenters. The van der Waals surface area contributed by atoms with E-state index in [4.69, 9.17) is 0 Å². The molecule has 0 unspecified atom stereocenters. The van der Waals surface area contributed by atoms with Crippen LogP contribution >= 0.6 is 0 Å². The Hall–Kier alpha value is -0.0800. The molecule has 0 spiro atoms. The summed E-state index contributed by atoms with van der Waals surface area (Å²) in [6, 6.07) is 1.41. The summed E-state index contributed by atoms with van der Waals surface area (Å²) in [7, 11) is 0. The first-order valence-corrected chi connectivity index (χ1v) is 3.77. The van der Waals surface area contributed by atoms with E-state index in [0.29, 0.717) is 6.04 Å². The lowest BCUT2D eigenvalue weighted by atomic mass is 10.3. The molecule has 0 bridgehead atoms. The van der Waals surface area contributed by atoms with Gasteiger partial charge in [0.1, 0.15) is 0 Å². The fourth-order valence-electron chi connectivity index (χ4n) is 1.33. The van der Waals surface area contributed by atoms with E-state index in [1.807, 2.05) is 0 Å². The van der Waals surface area contributed by atoms with Crippen molar-refractivity contribution in [1.82, 2.24) is 4.90 Å². The van der Waals surface area contributed by atoms with Gasteiger partial charge in [-0.15, -0.1) is 0 Å². The van der Waals surface area contributed by atoms with Crippen LogP contribution in [-0.4, -0.2) is 30.1 Å². The second kappa shape index (κ2) is 2.67. The fourth-order valence-corrected chi connectivity index (χ4v) is 1.33. The zero-order valence-electron chi connectivity index (χ0n) is 6.43. The van der Waals surface area contributed by atoms with Crippen molar-refractivity contribution in [3.8, 4) is 0 Å². The van der Waals surface area contributed by atoms with Crippen LogP contribution in [-0.2, 0) is 0 Å². The fraction of sp³-hybridized carbons (Fsp3) is 1.00. The minimum absolute atomic E-state index is 0.687. The Morgan fingerprint density at radius 1 is 1.56 bits per heavy atom. The lowest BCUT2D eigenvalue weighted by molar-refractivity contribution is -0.414. The third-order valence-electron chi connectivity index (χ3n) is 2.05. The first-order chi connectivity index (χ1) is 4.20. The number of hydrogen-bond acceptors (Lipinski definition) is 1. The molecule has 9 heavy (non-hydrogen) atoms. The Labute approximate surface area is 57.0 Å². The quantitative estimate of drug-likeness (QED) is 0.518. The van der Waals surface area contributed by atoms with Crippen molar-refractivity contribution in [2.24, 2.45) is 0 Å². The van der Waals surface area contributed by atoms with E-state index in [1.54, 1.807) is 0 Å². The molecule has 1 saturated heterocycles. The molecule has 0 aromatic rings. The molecule has 1 aliphatic heterocycles. The molecule has 0 aromatic carbocycles. The summed E-state index contributed by atoms with van der Waals surface area (Å²) in [6.07, 6.45) is 1.29. The van der Waals surface area contributed by atoms with Gasteiger partial charge in [-0.25, -0.2) is 0 Å². The van der Waals surface area contributed by atoms with Crippen LogP contribution in [0.5, 0.6) is 0 Å². The van der Waals surface area contributed by atoms with Crippen molar-refractivity contribution < 1.29 is 5.73 Å². The van der Waals surface area contributed by atoms with E-state index in [0.717, 1.165) is 6.04 Å². The molecule has 0 aliphatic carbocycles. The predicted molar refractivity (Wildman–Crippen MR) is 38.0 cm³/mol. The molecule has 54 valence electrons. The first-order valence-electron chi connectivity index (χ1n) is 3.77. The van der Waals surface area contributed by atoms with Crippen molar-refractivity contribution in [2.75, 3.05) is 13.1 Å². The van der Waals surface area contributed by atoms with Crippen LogP contribution in [0.2, 0.25) is 0 Å². The number of nitrogens with zero attached hydrogens (tertiary/aromatic N) is 1. The molecular formula is C7H17N2+. The van der Waals surface area contributed by atoms with Gasteiger partial charge in [0.2, 0.25) is 0 Å². The van der Waals surface area contributed by atoms with Crippen LogP contribution in [0.4, 0.5) is 0 Å². The lowest BCUT2D eigenvalue weighted by Gasteiger charge is -2.18. The predicted octanol–water partition coefficient (Wildman–Crippen LogP) is -0.289. The van der Waals surface area contributed by atoms with E-state index >= 15 is 0 Å². The van der Waals surface area contributed by atoms with Crippen LogP contribution in [0.25, 0.3) is 0 Å². The largest absolute Gasteiger partial charge is 0.354 e. The van der Waals surface area contributed by atoms with Gasteiger partial charge in [-0.2, -0.15) is 0 Å². The summed E-state index contributed by atoms with van der Waals surface area (Å²) >= 11 is 0. The second-order valence-electron chi connectivity index (χ2n) is 3.24. The van der Waals surface area contributed by atoms with Crippen molar-refractivity contribution >= 4 is 0 Å². The topological polar surface area (TPSA) is 30.9 Å². The first kappa shape index (κ1) is 7.03. The SMILES string of the molecule is CC(C)N1CC[C@H]([NH3+])C1. The van der Waals surface area contributed by atoms with Crippen molar-refractivity contribution in [2.45, 2.75) is 32.4 Å². The Bertz CT molecular complexity index is 90.9. The average molecular weight is 129 g/mol. The standard InChI is InChI=1S/C7H16N2/c1-6(2)9-4-3-7(8)5-9/h6-7H,3-5,8H2,1-2H3/p+1/t7-/m0/s1. The maximum absolute atomic E-state index is 4.03. The number of rotatable bonds is 1. The van der Waals surface area contributed by atoms with Gasteiger partial charge in [0.05, 0.1) is 12.6 Å². The number of likely N-dealkylation sites (tertiary alicyclic amines) is 1. The van der Waals surface area contributed by atoms with Crippen LogP contribution < -0.4 is 5.73 Å². The van der Waals surface area contributed by atoms with E-state index in [9.17, 15) is 0 Å². The maximum Gasteiger partial charge on any atom is 0.0984 e. The summed E-state index contributed by atoms with van der Waals surface area (Å²) in [4.78, 5) is 2.48. The van der Waals surface area contributed by atoms with Gasteiger partial charge in [-0.1, -0.05) is 0 Å². The summed E-state index contributed by atoms with van der Waals surface area (Å²) in [5.74, 6) is 0. The Kier molecular flexibility index (Phi) is 2.09. The molecule has 1 rings (SSSR count). The third-order valence-corrected chi connectivity index (χ3v) is 2.05. The van der Waals surface area contributed by atoms with Gasteiger partial charge < -0.3 is 5.73 Å². The maximum atomic E-state index is 4.03. The van der Waals surface area contributed by atoms with Gasteiger partial charge in [-0.05, 0) is 13.8 Å². The minimum Gasteiger partial charge on any atom is -0.354 e. The van der Waals surface area contributed by atoms with Crippen LogP contribution in [0, 0.1) is 0 Å². The summed E-state index contributed by atoms with van der Waals surface area (Å²) in [5, 5.41) is 0. The highest BCUT2D eigenvalue weighted by Crippen LogP contribution is 2.08. The molecule has 1 heterocycles. The summed E-state index contributed by atoms with van der Waals surface area (Å²) < 4.78 is 0. The van der Waals surface area contributed by atoms with Crippen molar-refractivity contribution in [1.29, 1.82) is 0 Å². The summed E-state index contributed by atoms with van der Waals surface area (Å²) in [5.41, 5.74) is 4.03. The molecule has 0 aromatic heterocycles. The smallest absolute Gasteiger partial charge is 0.0984 e. The third kappa shape index (κ3) is 1.66. The Balaban J connectivity index is 2.30. The highest BCUT2D eigenvalue weighted by Gasteiger charge is 2.22. The van der Waals surface area contributed by atoms with Crippen molar-refractivity contribution in [3.63, 3.8) is 0 Å². The molecule has 2 nitrogen and oxygen atoms in total. The minimum atomic E-state index is 0.687. The van der Waals surface area contributed by atoms with Gasteiger partial charge in [0, 0.05) is 19.0 Å². The van der Waals surface area contributed by atoms with Crippen LogP contribution in [0.3, 0.4) is 0 Å². The molecule has 0 amide bonds. The van der Waals surface area contributed by atoms with Gasteiger partial charge >= 0.3 is 0 Å².